The zero-order chi connectivity index (χ0) is 57.0. The van der Waals surface area contributed by atoms with Crippen molar-refractivity contribution in [1.29, 1.82) is 0 Å². The van der Waals surface area contributed by atoms with Crippen LogP contribution in [-0.4, -0.2) is 74.9 Å². The number of unbranched alkanes of at least 4 members (excludes halogenated alkanes) is 28. The number of phosphoric ester groups is 1. The lowest BCUT2D eigenvalue weighted by molar-refractivity contribution is -0.870. The highest BCUT2D eigenvalue weighted by Gasteiger charge is 2.27. The van der Waals surface area contributed by atoms with Crippen LogP contribution in [0.2, 0.25) is 0 Å². The van der Waals surface area contributed by atoms with Gasteiger partial charge in [0.2, 0.25) is 0 Å². The van der Waals surface area contributed by atoms with Gasteiger partial charge in [0.1, 0.15) is 19.8 Å². The molecule has 0 aromatic rings. The largest absolute Gasteiger partial charge is 0.472 e. The summed E-state index contributed by atoms with van der Waals surface area (Å²) < 4.78 is 34.6. The van der Waals surface area contributed by atoms with E-state index in [-0.39, 0.29) is 32.0 Å². The summed E-state index contributed by atoms with van der Waals surface area (Å²) in [6.45, 7) is 4.27. The molecule has 0 spiro atoms. The quantitative estimate of drug-likeness (QED) is 0.0211. The minimum atomic E-state index is -4.41. The molecule has 10 heteroatoms. The first kappa shape index (κ1) is 74.9. The molecule has 0 aliphatic heterocycles. The van der Waals surface area contributed by atoms with Gasteiger partial charge in [-0.3, -0.25) is 18.6 Å². The van der Waals surface area contributed by atoms with Crippen LogP contribution in [0, 0.1) is 0 Å². The molecule has 2 atom stereocenters. The van der Waals surface area contributed by atoms with Gasteiger partial charge in [0.25, 0.3) is 0 Å². The van der Waals surface area contributed by atoms with E-state index in [1.54, 1.807) is 0 Å². The number of likely N-dealkylation sites (N-methyl/N-ethyl adjacent to an activating group) is 1. The summed E-state index contributed by atoms with van der Waals surface area (Å²) in [6.07, 6.45) is 80.8. The van der Waals surface area contributed by atoms with E-state index in [9.17, 15) is 19.0 Å². The number of rotatable bonds is 58. The first-order valence-electron chi connectivity index (χ1n) is 32.0. The van der Waals surface area contributed by atoms with Crippen molar-refractivity contribution in [2.75, 3.05) is 47.5 Å². The molecule has 0 radical (unpaired) electrons. The van der Waals surface area contributed by atoms with E-state index >= 15 is 0 Å². The Kier molecular flexibility index (Phi) is 56.3. The minimum absolute atomic E-state index is 0.0194. The third-order valence-electron chi connectivity index (χ3n) is 13.6. The van der Waals surface area contributed by atoms with E-state index in [1.807, 2.05) is 21.1 Å². The Morgan fingerprint density at radius 2 is 0.731 bits per heavy atom. The number of carbonyl (C=O) groups excluding carboxylic acids is 2. The summed E-state index contributed by atoms with van der Waals surface area (Å²) >= 11 is 0. The number of nitrogens with zero attached hydrogens (tertiary/aromatic N) is 1. The Labute approximate surface area is 481 Å². The lowest BCUT2D eigenvalue weighted by Crippen LogP contribution is -2.37. The van der Waals surface area contributed by atoms with Gasteiger partial charge in [0.15, 0.2) is 6.10 Å². The Morgan fingerprint density at radius 3 is 1.12 bits per heavy atom. The van der Waals surface area contributed by atoms with Gasteiger partial charge in [-0.25, -0.2) is 4.57 Å². The van der Waals surface area contributed by atoms with Crippen LogP contribution in [0.5, 0.6) is 0 Å². The van der Waals surface area contributed by atoms with E-state index in [4.69, 9.17) is 18.5 Å². The van der Waals surface area contributed by atoms with Crippen molar-refractivity contribution >= 4 is 19.8 Å². The molecule has 1 N–H and O–H groups in total. The molecule has 0 saturated carbocycles. The van der Waals surface area contributed by atoms with E-state index in [1.165, 1.54) is 161 Å². The zero-order valence-corrected chi connectivity index (χ0v) is 52.0. The molecule has 0 bridgehead atoms. The number of quaternary nitrogens is 1. The molecule has 0 heterocycles. The second kappa shape index (κ2) is 58.6. The van der Waals surface area contributed by atoms with Crippen molar-refractivity contribution < 1.29 is 42.1 Å². The molecule has 0 aliphatic rings. The fourth-order valence-electron chi connectivity index (χ4n) is 8.70. The summed E-state index contributed by atoms with van der Waals surface area (Å²) in [5, 5.41) is 0. The summed E-state index contributed by atoms with van der Waals surface area (Å²) in [5.74, 6) is -0.845. The topological polar surface area (TPSA) is 108 Å². The van der Waals surface area contributed by atoms with Crippen molar-refractivity contribution in [2.45, 2.75) is 277 Å². The third-order valence-corrected chi connectivity index (χ3v) is 14.6. The van der Waals surface area contributed by atoms with Crippen LogP contribution in [0.3, 0.4) is 0 Å². The molecule has 0 fully saturated rings. The van der Waals surface area contributed by atoms with Gasteiger partial charge >= 0.3 is 19.8 Å². The molecule has 0 aliphatic carbocycles. The van der Waals surface area contributed by atoms with Crippen molar-refractivity contribution in [3.05, 3.63) is 97.2 Å². The molecule has 0 amide bonds. The number of carbonyl (C=O) groups is 2. The first-order chi connectivity index (χ1) is 38.0. The Hall–Kier alpha value is -3.07. The number of hydrogen-bond donors (Lipinski definition) is 1. The minimum Gasteiger partial charge on any atom is -0.462 e. The van der Waals surface area contributed by atoms with Gasteiger partial charge < -0.3 is 18.9 Å². The maximum Gasteiger partial charge on any atom is 0.472 e. The second-order valence-corrected chi connectivity index (χ2v) is 23.9. The normalized spacial score (nSPS) is 13.9. The summed E-state index contributed by atoms with van der Waals surface area (Å²) in [4.78, 5) is 35.7. The number of hydrogen-bond acceptors (Lipinski definition) is 7. The average molecular weight is 1110 g/mol. The molecular formula is C68H121NO8P+. The predicted molar refractivity (Wildman–Crippen MR) is 335 cm³/mol. The third kappa shape index (κ3) is 62.1. The number of esters is 2. The average Bonchev–Trinajstić information content (AvgIpc) is 3.41. The lowest BCUT2D eigenvalue weighted by Gasteiger charge is -2.24. The lowest BCUT2D eigenvalue weighted by atomic mass is 10.0. The smallest absolute Gasteiger partial charge is 0.462 e. The van der Waals surface area contributed by atoms with Crippen molar-refractivity contribution in [3.8, 4) is 0 Å². The number of phosphoric acid groups is 1. The Bertz CT molecular complexity index is 1640. The van der Waals surface area contributed by atoms with Gasteiger partial charge in [-0.05, 0) is 96.3 Å². The number of allylic oxidation sites excluding steroid dienone is 16. The van der Waals surface area contributed by atoms with Gasteiger partial charge in [0.05, 0.1) is 27.7 Å². The highest BCUT2D eigenvalue weighted by molar-refractivity contribution is 7.47. The molecular weight excluding hydrogens is 990 g/mol. The van der Waals surface area contributed by atoms with Gasteiger partial charge in [-0.15, -0.1) is 0 Å². The molecule has 2 unspecified atom stereocenters. The molecule has 0 rings (SSSR count). The highest BCUT2D eigenvalue weighted by Crippen LogP contribution is 2.43. The SMILES string of the molecule is CC/C=C\C/C=C\C/C=C\C/C=C\C/C=C\C/C=C\CCCCC(=O)OC(COC(=O)CCCCCCCCCCCCCCCCCCCCCCC/C=C\C/C=C\CCCCCCC)COP(=O)(O)OCC[N+](C)(C)C. The second-order valence-electron chi connectivity index (χ2n) is 22.4. The maximum atomic E-state index is 12.8. The van der Waals surface area contributed by atoms with Crippen LogP contribution < -0.4 is 0 Å². The summed E-state index contributed by atoms with van der Waals surface area (Å²) in [5.41, 5.74) is 0. The molecule has 0 saturated heterocycles. The highest BCUT2D eigenvalue weighted by atomic mass is 31.2. The fourth-order valence-corrected chi connectivity index (χ4v) is 9.44. The number of ether oxygens (including phenoxy) is 2. The van der Waals surface area contributed by atoms with E-state index in [2.05, 4.69) is 111 Å². The van der Waals surface area contributed by atoms with E-state index < -0.39 is 26.5 Å². The van der Waals surface area contributed by atoms with E-state index in [0.717, 1.165) is 77.0 Å². The summed E-state index contributed by atoms with van der Waals surface area (Å²) in [7, 11) is 1.44. The van der Waals surface area contributed by atoms with Crippen LogP contribution in [-0.2, 0) is 32.7 Å². The first-order valence-corrected chi connectivity index (χ1v) is 33.5. The fraction of sp³-hybridized carbons (Fsp3) is 0.735. The van der Waals surface area contributed by atoms with Crippen LogP contribution in [0.1, 0.15) is 271 Å². The van der Waals surface area contributed by atoms with Crippen LogP contribution in [0.25, 0.3) is 0 Å². The maximum absolute atomic E-state index is 12.8. The van der Waals surface area contributed by atoms with Crippen LogP contribution in [0.15, 0.2) is 97.2 Å². The molecule has 78 heavy (non-hydrogen) atoms. The van der Waals surface area contributed by atoms with Crippen LogP contribution in [0.4, 0.5) is 0 Å². The standard InChI is InChI=1S/C68H120NO8P/c1-6-8-10-12-14-16-18-20-22-24-26-28-29-30-31-32-33-34-35-36-37-38-39-41-42-44-46-48-50-52-54-56-58-60-67(70)74-64-66(65-76-78(72,73)75-63-62-69(3,4)5)77-68(71)61-59-57-55-53-51-49-47-45-43-40-27-25-23-21-19-17-15-13-11-9-7-2/h9,11,15,17-18,20-21,23-24,26-27,40,45,47,51,53,66H,6-8,10,12-14,16,19,22,25,28-39,41-44,46,48-50,52,54-65H2,1-5H3/p+1/b11-9-,17-15-,20-18-,23-21-,26-24-,40-27-,47-45-,53-51-. The summed E-state index contributed by atoms with van der Waals surface area (Å²) in [6, 6.07) is 0. The van der Waals surface area contributed by atoms with E-state index in [0.29, 0.717) is 17.4 Å². The van der Waals surface area contributed by atoms with Gasteiger partial charge in [-0.2, -0.15) is 0 Å². The zero-order valence-electron chi connectivity index (χ0n) is 51.1. The van der Waals surface area contributed by atoms with Crippen LogP contribution >= 0.6 is 7.82 Å². The molecule has 0 aromatic heterocycles. The van der Waals surface area contributed by atoms with Crippen molar-refractivity contribution in [2.24, 2.45) is 0 Å². The Balaban J connectivity index is 4.09. The molecule has 450 valence electrons. The monoisotopic (exact) mass is 1110 g/mol. The van der Waals surface area contributed by atoms with Gasteiger partial charge in [-0.1, -0.05) is 259 Å². The molecule has 0 aromatic carbocycles. The van der Waals surface area contributed by atoms with Gasteiger partial charge in [0, 0.05) is 12.8 Å². The molecule has 9 nitrogen and oxygen atoms in total. The van der Waals surface area contributed by atoms with Crippen molar-refractivity contribution in [3.63, 3.8) is 0 Å². The van der Waals surface area contributed by atoms with Crippen molar-refractivity contribution in [1.82, 2.24) is 0 Å². The Morgan fingerprint density at radius 1 is 0.410 bits per heavy atom. The predicted octanol–water partition coefficient (Wildman–Crippen LogP) is 20.4.